The molecule has 0 rings (SSSR count). The number of hydrogen-bond donors (Lipinski definition) is 3. The van der Waals surface area contributed by atoms with Gasteiger partial charge in [-0.25, -0.2) is 0 Å². The van der Waals surface area contributed by atoms with Gasteiger partial charge in [0.2, 0.25) is 5.91 Å². The smallest absolute Gasteiger partial charge is 0.225 e. The number of aliphatic hydroxyl groups excluding tert-OH is 2. The molecule has 31 heavy (non-hydrogen) atoms. The van der Waals surface area contributed by atoms with Crippen molar-refractivity contribution in [2.45, 2.75) is 142 Å². The molecular formula is C26H53NO4. The van der Waals surface area contributed by atoms with Crippen molar-refractivity contribution in [3.05, 3.63) is 12.2 Å². The Morgan fingerprint density at radius 3 is 1.58 bits per heavy atom. The molecule has 4 N–H and O–H groups in total. The molecule has 5 nitrogen and oxygen atoms in total. The number of nitrogens with two attached hydrogens (primary N) is 1. The minimum atomic E-state index is -1.15. The van der Waals surface area contributed by atoms with Crippen LogP contribution in [0.15, 0.2) is 12.2 Å². The highest BCUT2D eigenvalue weighted by molar-refractivity contribution is 4.81. The number of allylic oxidation sites excluding steroid dienone is 2. The summed E-state index contributed by atoms with van der Waals surface area (Å²) in [6.45, 7) is 6.20. The van der Waals surface area contributed by atoms with Gasteiger partial charge in [-0.15, -0.1) is 0 Å². The molecule has 0 fully saturated rings. The Hall–Kier alpha value is -0.460. The van der Waals surface area contributed by atoms with E-state index in [0.29, 0.717) is 19.3 Å². The SMILES string of the molecule is CCCCCCCCC=CCCCCCCCC(N)(OC(C)CCO)OC(C)CCO. The molecule has 5 heteroatoms. The standard InChI is InChI=1S/C26H53NO4/c1-4-5-6-7-8-9-10-11-12-13-14-15-16-17-18-21-26(27,30-24(2)19-22-28)31-25(3)20-23-29/h11-12,24-25,28-29H,4-10,13-23,27H2,1-3H3. The maximum Gasteiger partial charge on any atom is 0.225 e. The summed E-state index contributed by atoms with van der Waals surface area (Å²) in [5.41, 5.74) is 6.40. The van der Waals surface area contributed by atoms with Gasteiger partial charge in [0.15, 0.2) is 0 Å². The lowest BCUT2D eigenvalue weighted by molar-refractivity contribution is -0.277. The van der Waals surface area contributed by atoms with E-state index in [9.17, 15) is 0 Å². The third-order valence-corrected chi connectivity index (χ3v) is 5.66. The van der Waals surface area contributed by atoms with Crippen LogP contribution in [0, 0.1) is 0 Å². The first-order valence-corrected chi connectivity index (χ1v) is 13.0. The zero-order valence-electron chi connectivity index (χ0n) is 20.8. The third-order valence-electron chi connectivity index (χ3n) is 5.66. The number of ether oxygens (including phenoxy) is 2. The van der Waals surface area contributed by atoms with Crippen LogP contribution in [-0.2, 0) is 9.47 Å². The van der Waals surface area contributed by atoms with Gasteiger partial charge < -0.3 is 19.7 Å². The summed E-state index contributed by atoms with van der Waals surface area (Å²) in [5, 5.41) is 18.2. The molecule has 0 aromatic rings. The lowest BCUT2D eigenvalue weighted by atomic mass is 10.1. The summed E-state index contributed by atoms with van der Waals surface area (Å²) in [5.74, 6) is -1.15. The molecule has 0 heterocycles. The summed E-state index contributed by atoms with van der Waals surface area (Å²) >= 11 is 0. The van der Waals surface area contributed by atoms with Crippen molar-refractivity contribution in [1.82, 2.24) is 0 Å². The molecule has 2 unspecified atom stereocenters. The van der Waals surface area contributed by atoms with E-state index in [0.717, 1.165) is 12.8 Å². The van der Waals surface area contributed by atoms with Gasteiger partial charge in [0.1, 0.15) is 0 Å². The van der Waals surface area contributed by atoms with Gasteiger partial charge in [-0.2, -0.15) is 0 Å². The molecule has 0 bridgehead atoms. The second-order valence-corrected chi connectivity index (χ2v) is 9.03. The molecule has 0 aliphatic heterocycles. The van der Waals surface area contributed by atoms with Crippen LogP contribution in [-0.4, -0.2) is 41.5 Å². The summed E-state index contributed by atoms with van der Waals surface area (Å²) in [6, 6.07) is 0. The molecule has 186 valence electrons. The fourth-order valence-corrected chi connectivity index (χ4v) is 3.75. The molecule has 0 saturated carbocycles. The quantitative estimate of drug-likeness (QED) is 0.0992. The van der Waals surface area contributed by atoms with Gasteiger partial charge in [0.25, 0.3) is 0 Å². The van der Waals surface area contributed by atoms with Crippen LogP contribution in [0.5, 0.6) is 0 Å². The summed E-state index contributed by atoms with van der Waals surface area (Å²) in [6.07, 6.45) is 22.4. The molecular weight excluding hydrogens is 390 g/mol. The van der Waals surface area contributed by atoms with Gasteiger partial charge in [0, 0.05) is 19.6 Å². The van der Waals surface area contributed by atoms with E-state index in [4.69, 9.17) is 25.4 Å². The van der Waals surface area contributed by atoms with Crippen molar-refractivity contribution >= 4 is 0 Å². The van der Waals surface area contributed by atoms with Gasteiger partial charge in [0.05, 0.1) is 12.2 Å². The summed E-state index contributed by atoms with van der Waals surface area (Å²) in [4.78, 5) is 0. The Morgan fingerprint density at radius 1 is 0.710 bits per heavy atom. The van der Waals surface area contributed by atoms with E-state index in [1.54, 1.807) is 0 Å². The van der Waals surface area contributed by atoms with Crippen molar-refractivity contribution < 1.29 is 19.7 Å². The van der Waals surface area contributed by atoms with Crippen molar-refractivity contribution in [3.8, 4) is 0 Å². The van der Waals surface area contributed by atoms with Crippen LogP contribution < -0.4 is 5.73 Å². The number of aliphatic hydroxyl groups is 2. The lowest BCUT2D eigenvalue weighted by Crippen LogP contribution is -2.49. The molecule has 0 aliphatic carbocycles. The Kier molecular flexibility index (Phi) is 21.1. The number of rotatable bonds is 23. The van der Waals surface area contributed by atoms with Gasteiger partial charge in [-0.3, -0.25) is 5.73 Å². The normalized spacial score (nSPS) is 15.9. The number of unbranched alkanes of at least 4 members (excludes halogenated alkanes) is 11. The Bertz CT molecular complexity index is 389. The topological polar surface area (TPSA) is 84.9 Å². The van der Waals surface area contributed by atoms with E-state index < -0.39 is 5.91 Å². The van der Waals surface area contributed by atoms with Gasteiger partial charge in [-0.05, 0) is 58.8 Å². The Balaban J connectivity index is 3.89. The molecule has 0 amide bonds. The molecule has 0 aliphatic rings. The largest absolute Gasteiger partial charge is 0.396 e. The zero-order valence-corrected chi connectivity index (χ0v) is 20.8. The summed E-state index contributed by atoms with van der Waals surface area (Å²) in [7, 11) is 0. The minimum Gasteiger partial charge on any atom is -0.396 e. The first kappa shape index (κ1) is 30.5. The molecule has 0 aromatic carbocycles. The highest BCUT2D eigenvalue weighted by Crippen LogP contribution is 2.22. The van der Waals surface area contributed by atoms with Crippen molar-refractivity contribution in [2.24, 2.45) is 5.73 Å². The van der Waals surface area contributed by atoms with Crippen LogP contribution in [0.25, 0.3) is 0 Å². The average molecular weight is 444 g/mol. The predicted molar refractivity (Wildman–Crippen MR) is 131 cm³/mol. The van der Waals surface area contributed by atoms with Crippen molar-refractivity contribution in [3.63, 3.8) is 0 Å². The summed E-state index contributed by atoms with van der Waals surface area (Å²) < 4.78 is 11.8. The Morgan fingerprint density at radius 2 is 1.13 bits per heavy atom. The maximum atomic E-state index is 9.12. The molecule has 0 aromatic heterocycles. The van der Waals surface area contributed by atoms with Crippen molar-refractivity contribution in [1.29, 1.82) is 0 Å². The second kappa shape index (κ2) is 21.4. The molecule has 0 radical (unpaired) electrons. The zero-order chi connectivity index (χ0) is 23.2. The van der Waals surface area contributed by atoms with Crippen LogP contribution in [0.3, 0.4) is 0 Å². The molecule has 0 spiro atoms. The van der Waals surface area contributed by atoms with Crippen LogP contribution >= 0.6 is 0 Å². The van der Waals surface area contributed by atoms with Crippen LogP contribution in [0.1, 0.15) is 124 Å². The van der Waals surface area contributed by atoms with Crippen molar-refractivity contribution in [2.75, 3.05) is 13.2 Å². The highest BCUT2D eigenvalue weighted by atomic mass is 16.7. The van der Waals surface area contributed by atoms with Crippen LogP contribution in [0.2, 0.25) is 0 Å². The van der Waals surface area contributed by atoms with E-state index in [1.165, 1.54) is 70.6 Å². The third kappa shape index (κ3) is 19.9. The van der Waals surface area contributed by atoms with E-state index in [1.807, 2.05) is 13.8 Å². The highest BCUT2D eigenvalue weighted by Gasteiger charge is 2.30. The Labute approximate surface area is 192 Å². The fraction of sp³-hybridized carbons (Fsp3) is 0.923. The van der Waals surface area contributed by atoms with Crippen LogP contribution in [0.4, 0.5) is 0 Å². The maximum absolute atomic E-state index is 9.12. The predicted octanol–water partition coefficient (Wildman–Crippen LogP) is 6.21. The number of hydrogen-bond acceptors (Lipinski definition) is 5. The molecule has 2 atom stereocenters. The molecule has 0 saturated heterocycles. The minimum absolute atomic E-state index is 0.0663. The average Bonchev–Trinajstić information content (AvgIpc) is 2.71. The second-order valence-electron chi connectivity index (χ2n) is 9.03. The first-order chi connectivity index (χ1) is 15.0. The van der Waals surface area contributed by atoms with Gasteiger partial charge in [-0.1, -0.05) is 70.4 Å². The lowest BCUT2D eigenvalue weighted by Gasteiger charge is -2.35. The van der Waals surface area contributed by atoms with E-state index in [-0.39, 0.29) is 25.4 Å². The monoisotopic (exact) mass is 443 g/mol. The van der Waals surface area contributed by atoms with E-state index >= 15 is 0 Å². The fourth-order valence-electron chi connectivity index (χ4n) is 3.75. The van der Waals surface area contributed by atoms with Gasteiger partial charge >= 0.3 is 0 Å². The first-order valence-electron chi connectivity index (χ1n) is 13.0. The van der Waals surface area contributed by atoms with E-state index in [2.05, 4.69) is 19.1 Å².